The van der Waals surface area contributed by atoms with E-state index < -0.39 is 0 Å². The Balaban J connectivity index is 3.12. The number of esters is 1. The van der Waals surface area contributed by atoms with Gasteiger partial charge in [-0.15, -0.1) is 0 Å². The van der Waals surface area contributed by atoms with Crippen LogP contribution < -0.4 is 0 Å². The van der Waals surface area contributed by atoms with Crippen molar-refractivity contribution in [1.82, 2.24) is 0 Å². The van der Waals surface area contributed by atoms with E-state index in [9.17, 15) is 9.59 Å². The summed E-state index contributed by atoms with van der Waals surface area (Å²) in [5, 5.41) is 0. The molecule has 0 amide bonds. The van der Waals surface area contributed by atoms with E-state index in [1.807, 2.05) is 0 Å². The molecule has 86 valence electrons. The summed E-state index contributed by atoms with van der Waals surface area (Å²) in [5.74, 6) is -0.150. The van der Waals surface area contributed by atoms with Crippen molar-refractivity contribution >= 4 is 12.3 Å². The maximum Gasteiger partial charge on any atom is 0.306 e. The molecule has 0 aromatic heterocycles. The first-order chi connectivity index (χ1) is 7.31. The second-order valence-electron chi connectivity index (χ2n) is 3.44. The lowest BCUT2D eigenvalue weighted by Gasteiger charge is -2.01. The van der Waals surface area contributed by atoms with Crippen LogP contribution >= 0.6 is 0 Å². The first kappa shape index (κ1) is 13.9. The zero-order valence-corrected chi connectivity index (χ0v) is 9.24. The molecular weight excluding hydrogens is 192 g/mol. The fourth-order valence-corrected chi connectivity index (χ4v) is 1.25. The summed E-state index contributed by atoms with van der Waals surface area (Å²) in [5.41, 5.74) is 0. The minimum absolute atomic E-state index is 0.150. The van der Waals surface area contributed by atoms with Gasteiger partial charge >= 0.3 is 5.97 Å². The summed E-state index contributed by atoms with van der Waals surface area (Å²) in [4.78, 5) is 21.0. The van der Waals surface area contributed by atoms with E-state index in [1.165, 1.54) is 0 Å². The van der Waals surface area contributed by atoms with Gasteiger partial charge in [0.2, 0.25) is 0 Å². The highest BCUT2D eigenvalue weighted by Gasteiger charge is 2.00. The summed E-state index contributed by atoms with van der Waals surface area (Å²) >= 11 is 0. The first-order valence-corrected chi connectivity index (χ1v) is 5.51. The Kier molecular flexibility index (Phi) is 10.1. The third-order valence-electron chi connectivity index (χ3n) is 2.07. The van der Waals surface area contributed by atoms with E-state index in [-0.39, 0.29) is 5.97 Å². The molecule has 0 bridgehead atoms. The third-order valence-corrected chi connectivity index (χ3v) is 2.07. The molecule has 0 saturated heterocycles. The lowest BCUT2D eigenvalue weighted by molar-refractivity contribution is -0.142. The average molecular weight is 212 g/mol. The van der Waals surface area contributed by atoms with Crippen molar-refractivity contribution in [1.29, 1.82) is 0 Å². The molecule has 0 saturated carbocycles. The minimum atomic E-state index is -0.150. The van der Waals surface area contributed by atoms with E-state index in [0.717, 1.165) is 38.4 Å². The molecule has 3 heteroatoms. The van der Waals surface area contributed by atoms with Crippen LogP contribution in [0.1, 0.15) is 44.9 Å². The Bertz CT molecular complexity index is 187. The largest absolute Gasteiger partial charge is 0.461 e. The number of hydrogen-bond acceptors (Lipinski definition) is 3. The number of aldehydes is 1. The molecule has 0 N–H and O–H groups in total. The van der Waals surface area contributed by atoms with Crippen LogP contribution in [-0.2, 0) is 14.3 Å². The predicted octanol–water partition coefficient (Wildman–Crippen LogP) is 2.65. The monoisotopic (exact) mass is 212 g/mol. The molecule has 0 aliphatic rings. The zero-order chi connectivity index (χ0) is 11.4. The van der Waals surface area contributed by atoms with Crippen molar-refractivity contribution in [3.05, 3.63) is 12.7 Å². The van der Waals surface area contributed by atoms with Gasteiger partial charge in [0.15, 0.2) is 0 Å². The van der Waals surface area contributed by atoms with Crippen molar-refractivity contribution in [3.8, 4) is 0 Å². The molecule has 0 fully saturated rings. The molecule has 15 heavy (non-hydrogen) atoms. The molecule has 0 atom stereocenters. The normalized spacial score (nSPS) is 9.60. The van der Waals surface area contributed by atoms with Gasteiger partial charge in [0.25, 0.3) is 0 Å². The molecule has 0 aliphatic heterocycles. The van der Waals surface area contributed by atoms with E-state index in [4.69, 9.17) is 4.74 Å². The standard InChI is InChI=1S/C12H20O3/c1-2-11-15-12(14)9-7-5-3-4-6-8-10-13/h2,10H,1,3-9,11H2. The van der Waals surface area contributed by atoms with Gasteiger partial charge in [-0.2, -0.15) is 0 Å². The Morgan fingerprint density at radius 2 is 1.80 bits per heavy atom. The molecule has 0 unspecified atom stereocenters. The molecule has 0 spiro atoms. The fourth-order valence-electron chi connectivity index (χ4n) is 1.25. The summed E-state index contributed by atoms with van der Waals surface area (Å²) in [6.07, 6.45) is 8.68. The highest BCUT2D eigenvalue weighted by atomic mass is 16.5. The number of ether oxygens (including phenoxy) is 1. The van der Waals surface area contributed by atoms with Gasteiger partial charge < -0.3 is 9.53 Å². The predicted molar refractivity (Wildman–Crippen MR) is 59.5 cm³/mol. The molecule has 0 aromatic carbocycles. The Labute approximate surface area is 91.5 Å². The van der Waals surface area contributed by atoms with Crippen LogP contribution in [0.25, 0.3) is 0 Å². The number of unbranched alkanes of at least 4 members (excludes halogenated alkanes) is 5. The van der Waals surface area contributed by atoms with E-state index in [0.29, 0.717) is 19.4 Å². The number of carbonyl (C=O) groups excluding carboxylic acids is 2. The maximum absolute atomic E-state index is 11.0. The Hall–Kier alpha value is -1.12. The number of hydrogen-bond donors (Lipinski definition) is 0. The SMILES string of the molecule is C=CCOC(=O)CCCCCCCC=O. The van der Waals surface area contributed by atoms with Crippen LogP contribution in [0.4, 0.5) is 0 Å². The first-order valence-electron chi connectivity index (χ1n) is 5.51. The number of carbonyl (C=O) groups is 2. The van der Waals surface area contributed by atoms with E-state index >= 15 is 0 Å². The Morgan fingerprint density at radius 3 is 2.47 bits per heavy atom. The molecule has 0 radical (unpaired) electrons. The molecule has 0 rings (SSSR count). The smallest absolute Gasteiger partial charge is 0.306 e. The summed E-state index contributed by atoms with van der Waals surface area (Å²) < 4.78 is 4.83. The lowest BCUT2D eigenvalue weighted by Crippen LogP contribution is -2.03. The van der Waals surface area contributed by atoms with Crippen LogP contribution in [0.15, 0.2) is 12.7 Å². The minimum Gasteiger partial charge on any atom is -0.461 e. The molecule has 0 aliphatic carbocycles. The van der Waals surface area contributed by atoms with Gasteiger partial charge in [0, 0.05) is 12.8 Å². The average Bonchev–Trinajstić information content (AvgIpc) is 2.25. The van der Waals surface area contributed by atoms with Crippen LogP contribution in [-0.4, -0.2) is 18.9 Å². The molecular formula is C12H20O3. The second-order valence-corrected chi connectivity index (χ2v) is 3.44. The topological polar surface area (TPSA) is 43.4 Å². The number of rotatable bonds is 10. The van der Waals surface area contributed by atoms with Crippen LogP contribution in [0.2, 0.25) is 0 Å². The van der Waals surface area contributed by atoms with Crippen molar-refractivity contribution < 1.29 is 14.3 Å². The third kappa shape index (κ3) is 10.8. The van der Waals surface area contributed by atoms with Gasteiger partial charge in [0.05, 0.1) is 0 Å². The van der Waals surface area contributed by atoms with Crippen molar-refractivity contribution in [2.24, 2.45) is 0 Å². The van der Waals surface area contributed by atoms with E-state index in [1.54, 1.807) is 6.08 Å². The van der Waals surface area contributed by atoms with Crippen LogP contribution in [0.5, 0.6) is 0 Å². The maximum atomic E-state index is 11.0. The van der Waals surface area contributed by atoms with E-state index in [2.05, 4.69) is 6.58 Å². The quantitative estimate of drug-likeness (QED) is 0.242. The van der Waals surface area contributed by atoms with Crippen LogP contribution in [0.3, 0.4) is 0 Å². The van der Waals surface area contributed by atoms with Crippen molar-refractivity contribution in [2.45, 2.75) is 44.9 Å². The van der Waals surface area contributed by atoms with Gasteiger partial charge in [0.1, 0.15) is 12.9 Å². The summed E-state index contributed by atoms with van der Waals surface area (Å²) in [6.45, 7) is 3.77. The zero-order valence-electron chi connectivity index (χ0n) is 9.24. The molecule has 0 aromatic rings. The van der Waals surface area contributed by atoms with Gasteiger partial charge in [-0.3, -0.25) is 4.79 Å². The lowest BCUT2D eigenvalue weighted by atomic mass is 10.1. The summed E-state index contributed by atoms with van der Waals surface area (Å²) in [6, 6.07) is 0. The highest BCUT2D eigenvalue weighted by Crippen LogP contribution is 2.06. The van der Waals surface area contributed by atoms with Crippen molar-refractivity contribution in [2.75, 3.05) is 6.61 Å². The summed E-state index contributed by atoms with van der Waals surface area (Å²) in [7, 11) is 0. The highest BCUT2D eigenvalue weighted by molar-refractivity contribution is 5.69. The molecule has 3 nitrogen and oxygen atoms in total. The molecule has 0 heterocycles. The second kappa shape index (κ2) is 11.0. The fraction of sp³-hybridized carbons (Fsp3) is 0.667. The Morgan fingerprint density at radius 1 is 1.13 bits per heavy atom. The van der Waals surface area contributed by atoms with Gasteiger partial charge in [-0.05, 0) is 12.8 Å². The van der Waals surface area contributed by atoms with Crippen LogP contribution in [0, 0.1) is 0 Å². The van der Waals surface area contributed by atoms with Gasteiger partial charge in [-0.25, -0.2) is 0 Å². The van der Waals surface area contributed by atoms with Crippen molar-refractivity contribution in [3.63, 3.8) is 0 Å². The van der Waals surface area contributed by atoms with Gasteiger partial charge in [-0.1, -0.05) is 31.9 Å².